The Morgan fingerprint density at radius 1 is 1.53 bits per heavy atom. The molecule has 4 heteroatoms. The van der Waals surface area contributed by atoms with Crippen LogP contribution in [0, 0.1) is 0 Å². The molecule has 0 amide bonds. The third-order valence-electron chi connectivity index (χ3n) is 2.80. The zero-order chi connectivity index (χ0) is 12.9. The summed E-state index contributed by atoms with van der Waals surface area (Å²) in [7, 11) is 0. The molecule has 0 saturated carbocycles. The topological polar surface area (TPSA) is 46.5 Å². The first kappa shape index (κ1) is 14.0. The zero-order valence-corrected chi connectivity index (χ0v) is 10.8. The number of benzene rings is 1. The molecule has 0 aliphatic carbocycles. The molecule has 0 fully saturated rings. The van der Waals surface area contributed by atoms with Crippen LogP contribution in [0.3, 0.4) is 0 Å². The molecule has 0 aromatic heterocycles. The molecule has 0 aliphatic rings. The summed E-state index contributed by atoms with van der Waals surface area (Å²) < 4.78 is 5.06. The molecular formula is C13H17ClO3. The van der Waals surface area contributed by atoms with Gasteiger partial charge in [-0.05, 0) is 38.0 Å². The lowest BCUT2D eigenvalue weighted by atomic mass is 9.80. The van der Waals surface area contributed by atoms with Crippen LogP contribution in [0.25, 0.3) is 0 Å². The third kappa shape index (κ3) is 3.20. The molecule has 1 atom stereocenters. The van der Waals surface area contributed by atoms with Crippen LogP contribution in [0.2, 0.25) is 5.02 Å². The van der Waals surface area contributed by atoms with E-state index in [-0.39, 0.29) is 12.6 Å². The van der Waals surface area contributed by atoms with E-state index >= 15 is 0 Å². The second-order valence-corrected chi connectivity index (χ2v) is 4.47. The van der Waals surface area contributed by atoms with Crippen LogP contribution < -0.4 is 0 Å². The predicted molar refractivity (Wildman–Crippen MR) is 67.1 cm³/mol. The maximum Gasteiger partial charge on any atom is 0.316 e. The molecule has 17 heavy (non-hydrogen) atoms. The summed E-state index contributed by atoms with van der Waals surface area (Å²) in [6.07, 6.45) is 0.312. The van der Waals surface area contributed by atoms with Crippen LogP contribution in [0.5, 0.6) is 0 Å². The SMILES string of the molecule is CCOC(=O)C(C)(CCO)c1cccc(Cl)c1. The normalized spacial score (nSPS) is 14.1. The van der Waals surface area contributed by atoms with Gasteiger partial charge in [0.25, 0.3) is 0 Å². The summed E-state index contributed by atoms with van der Waals surface area (Å²) in [5.41, 5.74) is -0.0900. The second kappa shape index (κ2) is 6.03. The highest BCUT2D eigenvalue weighted by Gasteiger charge is 2.36. The van der Waals surface area contributed by atoms with E-state index in [1.807, 2.05) is 6.07 Å². The smallest absolute Gasteiger partial charge is 0.316 e. The van der Waals surface area contributed by atoms with E-state index < -0.39 is 5.41 Å². The zero-order valence-electron chi connectivity index (χ0n) is 10.1. The number of ether oxygens (including phenoxy) is 1. The lowest BCUT2D eigenvalue weighted by molar-refractivity contribution is -0.150. The van der Waals surface area contributed by atoms with Crippen molar-refractivity contribution in [3.05, 3.63) is 34.9 Å². The highest BCUT2D eigenvalue weighted by atomic mass is 35.5. The van der Waals surface area contributed by atoms with Crippen LogP contribution in [0.4, 0.5) is 0 Å². The number of hydrogen-bond donors (Lipinski definition) is 1. The summed E-state index contributed by atoms with van der Waals surface area (Å²) in [5.74, 6) is -0.337. The van der Waals surface area contributed by atoms with Crippen molar-refractivity contribution < 1.29 is 14.6 Å². The fourth-order valence-electron chi connectivity index (χ4n) is 1.71. The lowest BCUT2D eigenvalue weighted by Gasteiger charge is -2.27. The molecule has 0 aliphatic heterocycles. The van der Waals surface area contributed by atoms with Gasteiger partial charge in [0.2, 0.25) is 0 Å². The number of aliphatic hydroxyl groups is 1. The van der Waals surface area contributed by atoms with Gasteiger partial charge in [-0.2, -0.15) is 0 Å². The summed E-state index contributed by atoms with van der Waals surface area (Å²) in [6.45, 7) is 3.75. The second-order valence-electron chi connectivity index (χ2n) is 4.04. The quantitative estimate of drug-likeness (QED) is 0.824. The number of aliphatic hydroxyl groups excluding tert-OH is 1. The molecule has 0 spiro atoms. The molecule has 0 saturated heterocycles. The number of carbonyl (C=O) groups excluding carboxylic acids is 1. The van der Waals surface area contributed by atoms with Gasteiger partial charge in [0, 0.05) is 11.6 Å². The van der Waals surface area contributed by atoms with Gasteiger partial charge in [-0.25, -0.2) is 0 Å². The Hall–Kier alpha value is -1.06. The fourth-order valence-corrected chi connectivity index (χ4v) is 1.90. The number of esters is 1. The van der Waals surface area contributed by atoms with Gasteiger partial charge < -0.3 is 9.84 Å². The Bertz CT molecular complexity index is 392. The van der Waals surface area contributed by atoms with Crippen LogP contribution in [-0.2, 0) is 14.9 Å². The standard InChI is InChI=1S/C13H17ClO3/c1-3-17-12(16)13(2,7-8-15)10-5-4-6-11(14)9-10/h4-6,9,15H,3,7-8H2,1-2H3. The Labute approximate surface area is 106 Å². The van der Waals surface area contributed by atoms with Gasteiger partial charge in [0.05, 0.1) is 12.0 Å². The minimum absolute atomic E-state index is 0.0815. The summed E-state index contributed by atoms with van der Waals surface area (Å²) in [5, 5.41) is 9.67. The fraction of sp³-hybridized carbons (Fsp3) is 0.462. The number of hydrogen-bond acceptors (Lipinski definition) is 3. The first-order valence-electron chi connectivity index (χ1n) is 5.58. The highest BCUT2D eigenvalue weighted by molar-refractivity contribution is 6.30. The Balaban J connectivity index is 3.10. The van der Waals surface area contributed by atoms with Gasteiger partial charge >= 0.3 is 5.97 Å². The Kier molecular flexibility index (Phi) is 4.97. The van der Waals surface area contributed by atoms with Gasteiger partial charge in [0.15, 0.2) is 0 Å². The van der Waals surface area contributed by atoms with E-state index in [9.17, 15) is 4.79 Å². The van der Waals surface area contributed by atoms with E-state index in [0.29, 0.717) is 18.1 Å². The van der Waals surface area contributed by atoms with E-state index in [0.717, 1.165) is 5.56 Å². The van der Waals surface area contributed by atoms with Crippen molar-refractivity contribution in [1.82, 2.24) is 0 Å². The molecular weight excluding hydrogens is 240 g/mol. The monoisotopic (exact) mass is 256 g/mol. The van der Waals surface area contributed by atoms with E-state index in [2.05, 4.69) is 0 Å². The molecule has 1 aromatic rings. The first-order chi connectivity index (χ1) is 8.04. The van der Waals surface area contributed by atoms with Crippen molar-refractivity contribution in [2.75, 3.05) is 13.2 Å². The molecule has 1 aromatic carbocycles. The molecule has 3 nitrogen and oxygen atoms in total. The molecule has 1 N–H and O–H groups in total. The van der Waals surface area contributed by atoms with Crippen molar-refractivity contribution in [3.63, 3.8) is 0 Å². The summed E-state index contributed by atoms with van der Waals surface area (Å²) >= 11 is 5.92. The first-order valence-corrected chi connectivity index (χ1v) is 5.96. The average Bonchev–Trinajstić information content (AvgIpc) is 2.29. The summed E-state index contributed by atoms with van der Waals surface area (Å²) in [6, 6.07) is 7.08. The van der Waals surface area contributed by atoms with Crippen molar-refractivity contribution >= 4 is 17.6 Å². The molecule has 0 bridgehead atoms. The maximum atomic E-state index is 12.0. The molecule has 0 radical (unpaired) electrons. The van der Waals surface area contributed by atoms with Gasteiger partial charge in [-0.15, -0.1) is 0 Å². The highest BCUT2D eigenvalue weighted by Crippen LogP contribution is 2.30. The minimum Gasteiger partial charge on any atom is -0.465 e. The van der Waals surface area contributed by atoms with Crippen molar-refractivity contribution in [2.24, 2.45) is 0 Å². The third-order valence-corrected chi connectivity index (χ3v) is 3.03. The number of carbonyl (C=O) groups is 1. The van der Waals surface area contributed by atoms with Crippen LogP contribution in [0.1, 0.15) is 25.8 Å². The number of halogens is 1. The molecule has 1 rings (SSSR count). The molecule has 0 heterocycles. The van der Waals surface area contributed by atoms with Crippen LogP contribution in [0.15, 0.2) is 24.3 Å². The summed E-state index contributed by atoms with van der Waals surface area (Å²) in [4.78, 5) is 12.0. The number of rotatable bonds is 5. The molecule has 1 unspecified atom stereocenters. The molecule has 94 valence electrons. The largest absolute Gasteiger partial charge is 0.465 e. The van der Waals surface area contributed by atoms with Crippen LogP contribution in [-0.4, -0.2) is 24.3 Å². The van der Waals surface area contributed by atoms with Crippen molar-refractivity contribution in [2.45, 2.75) is 25.7 Å². The predicted octanol–water partition coefficient (Wildman–Crippen LogP) is 2.54. The lowest BCUT2D eigenvalue weighted by Crippen LogP contribution is -2.35. The van der Waals surface area contributed by atoms with E-state index in [1.54, 1.807) is 32.0 Å². The van der Waals surface area contributed by atoms with Gasteiger partial charge in [0.1, 0.15) is 0 Å². The van der Waals surface area contributed by atoms with Gasteiger partial charge in [-0.3, -0.25) is 4.79 Å². The Morgan fingerprint density at radius 3 is 2.76 bits per heavy atom. The van der Waals surface area contributed by atoms with Crippen LogP contribution >= 0.6 is 11.6 Å². The van der Waals surface area contributed by atoms with E-state index in [4.69, 9.17) is 21.4 Å². The minimum atomic E-state index is -0.852. The van der Waals surface area contributed by atoms with Gasteiger partial charge in [-0.1, -0.05) is 23.7 Å². The van der Waals surface area contributed by atoms with Crippen molar-refractivity contribution in [3.8, 4) is 0 Å². The Morgan fingerprint density at radius 2 is 2.24 bits per heavy atom. The van der Waals surface area contributed by atoms with Crippen molar-refractivity contribution in [1.29, 1.82) is 0 Å². The van der Waals surface area contributed by atoms with E-state index in [1.165, 1.54) is 0 Å². The average molecular weight is 257 g/mol. The maximum absolute atomic E-state index is 12.0.